The van der Waals surface area contributed by atoms with E-state index in [9.17, 15) is 9.59 Å². The molecule has 474 valence electrons. The predicted molar refractivity (Wildman–Crippen MR) is 373 cm³/mol. The molecule has 93 heavy (non-hydrogen) atoms. The van der Waals surface area contributed by atoms with Crippen molar-refractivity contribution in [2.75, 3.05) is 22.5 Å². The van der Waals surface area contributed by atoms with Crippen molar-refractivity contribution in [3.8, 4) is 17.2 Å². The Labute approximate surface area is 550 Å². The van der Waals surface area contributed by atoms with Crippen LogP contribution in [0.1, 0.15) is 168 Å². The first-order valence-electron chi connectivity index (χ1n) is 32.6. The van der Waals surface area contributed by atoms with Crippen LogP contribution in [0, 0.1) is 0 Å². The number of nitrogens with one attached hydrogen (secondary N) is 5. The fourth-order valence-corrected chi connectivity index (χ4v) is 11.6. The molecule has 2 amide bonds. The molecule has 0 atom stereocenters. The Morgan fingerprint density at radius 1 is 0.462 bits per heavy atom. The van der Waals surface area contributed by atoms with Gasteiger partial charge in [-0.05, 0) is 238 Å². The average molecular weight is 1260 g/mol. The van der Waals surface area contributed by atoms with Gasteiger partial charge < -0.3 is 40.8 Å². The molecule has 1 aromatic heterocycles. The third-order valence-electron chi connectivity index (χ3n) is 16.6. The van der Waals surface area contributed by atoms with Gasteiger partial charge in [-0.15, -0.1) is 5.10 Å². The minimum atomic E-state index is -0.182. The van der Waals surface area contributed by atoms with Gasteiger partial charge in [-0.1, -0.05) is 109 Å². The second kappa shape index (κ2) is 30.1. The van der Waals surface area contributed by atoms with Crippen LogP contribution in [0.15, 0.2) is 216 Å². The highest BCUT2D eigenvalue weighted by atomic mass is 35.5. The van der Waals surface area contributed by atoms with Gasteiger partial charge in [-0.25, -0.2) is 0 Å². The number of pyridine rings is 1. The number of hydrogen-bond acceptors (Lipinski definition) is 12. The summed E-state index contributed by atoms with van der Waals surface area (Å²) in [6.45, 7) is 9.97. The summed E-state index contributed by atoms with van der Waals surface area (Å²) in [4.78, 5) is 30.2. The second-order valence-corrected chi connectivity index (χ2v) is 25.5. The summed E-state index contributed by atoms with van der Waals surface area (Å²) >= 11 is 6.39. The molecule has 9 aromatic rings. The molecule has 4 saturated carbocycles. The maximum absolute atomic E-state index is 13.2. The zero-order valence-corrected chi connectivity index (χ0v) is 54.0. The Hall–Kier alpha value is -9.79. The molecular formula is C78H80ClN9O5. The first-order chi connectivity index (χ1) is 45.4. The molecular weight excluding hydrogens is 1180 g/mol. The monoisotopic (exact) mass is 1260 g/mol. The van der Waals surface area contributed by atoms with Crippen LogP contribution < -0.4 is 40.8 Å². The van der Waals surface area contributed by atoms with Crippen molar-refractivity contribution in [1.82, 2.24) is 15.6 Å². The maximum Gasteiger partial charge on any atom is 0.255 e. The molecule has 5 aliphatic rings. The number of ether oxygens (including phenoxy) is 3. The molecule has 2 heterocycles. The summed E-state index contributed by atoms with van der Waals surface area (Å²) in [5, 5.41) is 28.9. The predicted octanol–water partition coefficient (Wildman–Crippen LogP) is 19.0. The molecule has 0 bridgehead atoms. The number of carbonyl (C=O) groups excluding carboxylic acids is 2. The molecule has 14 rings (SSSR count). The van der Waals surface area contributed by atoms with Gasteiger partial charge in [0.05, 0.1) is 38.9 Å². The number of amides is 2. The van der Waals surface area contributed by atoms with E-state index >= 15 is 0 Å². The Kier molecular flexibility index (Phi) is 20.5. The molecule has 0 spiro atoms. The Balaban J connectivity index is 0.000000134. The van der Waals surface area contributed by atoms with Crippen LogP contribution >= 0.6 is 11.6 Å². The van der Waals surface area contributed by atoms with E-state index in [1.807, 2.05) is 137 Å². The van der Waals surface area contributed by atoms with E-state index in [0.717, 1.165) is 111 Å². The van der Waals surface area contributed by atoms with Gasteiger partial charge >= 0.3 is 0 Å². The van der Waals surface area contributed by atoms with Crippen LogP contribution in [0.2, 0.25) is 5.02 Å². The van der Waals surface area contributed by atoms with Gasteiger partial charge in [0.25, 0.3) is 11.8 Å². The SMILES string of the molecule is CC(C)NC(=O)c1c(Cl)cccc1Nc1ccc(OCc2ccccc2)cc1C1CC1.CC(C)NC(=O)c1c(Nc2ccc(OCc3ccccc3)cc2C2CC2)cccc1C1CC1.c1ccc(COc2ccc(Nc3cccc(C4=NN=NC4)c3)c(C3CC3)c2)nc1. The smallest absolute Gasteiger partial charge is 0.255 e. The van der Waals surface area contributed by atoms with Crippen molar-refractivity contribution in [3.63, 3.8) is 0 Å². The van der Waals surface area contributed by atoms with E-state index in [4.69, 9.17) is 25.8 Å². The van der Waals surface area contributed by atoms with Crippen LogP contribution in [0.5, 0.6) is 17.2 Å². The van der Waals surface area contributed by atoms with Crippen molar-refractivity contribution in [2.45, 2.75) is 135 Å². The van der Waals surface area contributed by atoms with Crippen molar-refractivity contribution >= 4 is 63.3 Å². The van der Waals surface area contributed by atoms with E-state index < -0.39 is 0 Å². The number of aromatic nitrogens is 1. The molecule has 5 N–H and O–H groups in total. The third kappa shape index (κ3) is 17.6. The lowest BCUT2D eigenvalue weighted by molar-refractivity contribution is 0.0934. The zero-order chi connectivity index (χ0) is 64.0. The fourth-order valence-electron chi connectivity index (χ4n) is 11.3. The average Bonchev–Trinajstić information content (AvgIpc) is 1.70. The lowest BCUT2D eigenvalue weighted by Crippen LogP contribution is -2.31. The number of anilines is 6. The normalized spacial score (nSPS) is 14.6. The van der Waals surface area contributed by atoms with Crippen LogP contribution in [0.25, 0.3) is 0 Å². The third-order valence-corrected chi connectivity index (χ3v) is 16.9. The standard InChI is InChI=1S/C29H32N2O2.C26H27ClN2O2.C23H21N5O/c1-19(2)30-29(32)28-24(21-11-12-21)9-6-10-27(28)31-26-16-15-23(17-25(26)22-13-14-22)33-18-20-7-4-3-5-8-20;1-17(2)28-26(30)25-22(27)9-6-10-24(25)29-23-14-13-20(15-21(23)19-11-12-19)31-16-18-7-4-3-5-8-18;1-2-11-24-19(5-1)15-29-20-9-10-22(21(13-20)16-7-8-16)26-18-6-3-4-17(12-18)23-14-25-28-27-23/h3-10,15-17,19,21-22,31H,11-14,18H2,1-2H3,(H,30,32);3-10,13-15,17,19,29H,11-12,16H2,1-2H3,(H,28,30);1-6,9-13,16,26H,7-8,14-15H2. The molecule has 1 aliphatic heterocycles. The lowest BCUT2D eigenvalue weighted by Gasteiger charge is -2.19. The molecule has 0 radical (unpaired) electrons. The Bertz CT molecular complexity index is 4110. The maximum atomic E-state index is 13.2. The van der Waals surface area contributed by atoms with E-state index in [1.165, 1.54) is 42.4 Å². The van der Waals surface area contributed by atoms with Crippen molar-refractivity contribution in [1.29, 1.82) is 0 Å². The highest BCUT2D eigenvalue weighted by molar-refractivity contribution is 6.34. The van der Waals surface area contributed by atoms with Crippen molar-refractivity contribution in [2.24, 2.45) is 15.4 Å². The van der Waals surface area contributed by atoms with Crippen LogP contribution in [-0.2, 0) is 19.8 Å². The Morgan fingerprint density at radius 2 is 0.935 bits per heavy atom. The van der Waals surface area contributed by atoms with Gasteiger partial charge in [0.1, 0.15) is 43.6 Å². The van der Waals surface area contributed by atoms with Gasteiger partial charge in [-0.2, -0.15) is 5.11 Å². The Morgan fingerprint density at radius 3 is 1.43 bits per heavy atom. The summed E-state index contributed by atoms with van der Waals surface area (Å²) in [5.41, 5.74) is 17.1. The first kappa shape index (κ1) is 63.4. The van der Waals surface area contributed by atoms with Gasteiger partial charge in [0.15, 0.2) is 0 Å². The number of hydrogen-bond donors (Lipinski definition) is 5. The second-order valence-electron chi connectivity index (χ2n) is 25.1. The molecule has 0 saturated heterocycles. The summed E-state index contributed by atoms with van der Waals surface area (Å²) < 4.78 is 18.1. The van der Waals surface area contributed by atoms with E-state index in [0.29, 0.717) is 66.3 Å². The van der Waals surface area contributed by atoms with Crippen molar-refractivity contribution < 1.29 is 23.8 Å². The van der Waals surface area contributed by atoms with Crippen LogP contribution in [-0.4, -0.2) is 41.1 Å². The number of halogens is 1. The van der Waals surface area contributed by atoms with Crippen LogP contribution in [0.3, 0.4) is 0 Å². The van der Waals surface area contributed by atoms with Gasteiger partial charge in [0, 0.05) is 46.6 Å². The van der Waals surface area contributed by atoms with Crippen LogP contribution in [0.4, 0.5) is 34.1 Å². The number of carbonyl (C=O) groups is 2. The van der Waals surface area contributed by atoms with E-state index in [2.05, 4.69) is 126 Å². The summed E-state index contributed by atoms with van der Waals surface area (Å²) in [5.74, 6) is 4.58. The largest absolute Gasteiger partial charge is 0.489 e. The number of nitrogens with zero attached hydrogens (tertiary/aromatic N) is 4. The molecule has 4 fully saturated rings. The van der Waals surface area contributed by atoms with Gasteiger partial charge in [-0.3, -0.25) is 14.6 Å². The highest BCUT2D eigenvalue weighted by Gasteiger charge is 2.32. The summed E-state index contributed by atoms with van der Waals surface area (Å²) in [6, 6.07) is 64.9. The lowest BCUT2D eigenvalue weighted by atomic mass is 9.99. The van der Waals surface area contributed by atoms with E-state index in [-0.39, 0.29) is 23.9 Å². The van der Waals surface area contributed by atoms with Gasteiger partial charge in [0.2, 0.25) is 0 Å². The molecule has 15 heteroatoms. The summed E-state index contributed by atoms with van der Waals surface area (Å²) in [6.07, 6.45) is 11.3. The first-order valence-corrected chi connectivity index (χ1v) is 33.0. The summed E-state index contributed by atoms with van der Waals surface area (Å²) in [7, 11) is 0. The minimum absolute atomic E-state index is 0.00536. The molecule has 14 nitrogen and oxygen atoms in total. The number of benzene rings is 8. The van der Waals surface area contributed by atoms with Crippen molar-refractivity contribution in [3.05, 3.63) is 261 Å². The zero-order valence-electron chi connectivity index (χ0n) is 53.2. The molecule has 4 aliphatic carbocycles. The number of rotatable bonds is 24. The molecule has 0 unspecified atom stereocenters. The molecule has 8 aromatic carbocycles. The quantitative estimate of drug-likeness (QED) is 0.0395. The topological polar surface area (TPSA) is 172 Å². The minimum Gasteiger partial charge on any atom is -0.489 e. The van der Waals surface area contributed by atoms with E-state index in [1.54, 1.807) is 12.3 Å². The highest BCUT2D eigenvalue weighted by Crippen LogP contribution is 2.49. The fraction of sp³-hybridized carbons (Fsp3) is 0.282.